The van der Waals surface area contributed by atoms with Gasteiger partial charge in [0.25, 0.3) is 15.9 Å². The molecule has 0 saturated carbocycles. The van der Waals surface area contributed by atoms with Crippen LogP contribution in [0.1, 0.15) is 17.3 Å². The molecule has 0 unspecified atom stereocenters. The number of nitrogens with one attached hydrogen (secondary N) is 2. The summed E-state index contributed by atoms with van der Waals surface area (Å²) in [6.45, 7) is 2.10. The van der Waals surface area contributed by atoms with E-state index in [-0.39, 0.29) is 22.0 Å². The van der Waals surface area contributed by atoms with Crippen molar-refractivity contribution in [2.45, 2.75) is 11.8 Å². The number of hydrogen-bond donors (Lipinski definition) is 2. The van der Waals surface area contributed by atoms with Gasteiger partial charge in [0.2, 0.25) is 0 Å². The van der Waals surface area contributed by atoms with Gasteiger partial charge in [-0.05, 0) is 79.7 Å². The Bertz CT molecular complexity index is 1510. The second-order valence-electron chi connectivity index (χ2n) is 7.71. The summed E-state index contributed by atoms with van der Waals surface area (Å²) >= 11 is 12.0. The number of benzene rings is 4. The fourth-order valence-electron chi connectivity index (χ4n) is 3.34. The van der Waals surface area contributed by atoms with E-state index < -0.39 is 15.9 Å². The SMILES string of the molecule is CCOc1ccc(S(=O)(=O)Nc2cc(Cl)ccc2Oc2ccccc2)cc1NC(=O)c1ccc(Cl)cc1. The highest BCUT2D eigenvalue weighted by atomic mass is 35.5. The van der Waals surface area contributed by atoms with Crippen LogP contribution in [-0.2, 0) is 10.0 Å². The molecule has 0 aromatic heterocycles. The van der Waals surface area contributed by atoms with Crippen molar-refractivity contribution in [3.8, 4) is 17.2 Å². The Hall–Kier alpha value is -3.72. The zero-order valence-electron chi connectivity index (χ0n) is 19.6. The van der Waals surface area contributed by atoms with Crippen LogP contribution in [-0.4, -0.2) is 20.9 Å². The quantitative estimate of drug-likeness (QED) is 0.226. The lowest BCUT2D eigenvalue weighted by Gasteiger charge is -2.16. The summed E-state index contributed by atoms with van der Waals surface area (Å²) in [6.07, 6.45) is 0. The predicted octanol–water partition coefficient (Wildman–Crippen LogP) is 7.24. The zero-order valence-corrected chi connectivity index (χ0v) is 21.9. The third kappa shape index (κ3) is 6.74. The van der Waals surface area contributed by atoms with Crippen LogP contribution in [0.4, 0.5) is 11.4 Å². The second-order valence-corrected chi connectivity index (χ2v) is 10.3. The zero-order chi connectivity index (χ0) is 26.4. The number of amides is 1. The molecule has 4 aromatic carbocycles. The average Bonchev–Trinajstić information content (AvgIpc) is 2.87. The predicted molar refractivity (Wildman–Crippen MR) is 146 cm³/mol. The highest BCUT2D eigenvalue weighted by molar-refractivity contribution is 7.92. The molecule has 0 atom stereocenters. The van der Waals surface area contributed by atoms with Gasteiger partial charge < -0.3 is 14.8 Å². The molecule has 10 heteroatoms. The van der Waals surface area contributed by atoms with Crippen LogP contribution in [0.2, 0.25) is 10.0 Å². The van der Waals surface area contributed by atoms with E-state index in [2.05, 4.69) is 10.0 Å². The first-order valence-corrected chi connectivity index (χ1v) is 13.4. The Morgan fingerprint density at radius 3 is 2.19 bits per heavy atom. The van der Waals surface area contributed by atoms with Crippen molar-refractivity contribution in [2.24, 2.45) is 0 Å². The summed E-state index contributed by atoms with van der Waals surface area (Å²) in [5.74, 6) is 0.660. The van der Waals surface area contributed by atoms with Crippen molar-refractivity contribution in [3.63, 3.8) is 0 Å². The molecule has 1 amide bonds. The Kier molecular flexibility index (Phi) is 8.23. The fourth-order valence-corrected chi connectivity index (χ4v) is 4.73. The molecule has 2 N–H and O–H groups in total. The minimum Gasteiger partial charge on any atom is -0.492 e. The highest BCUT2D eigenvalue weighted by Gasteiger charge is 2.21. The number of carbonyl (C=O) groups excluding carboxylic acids is 1. The van der Waals surface area contributed by atoms with E-state index in [4.69, 9.17) is 32.7 Å². The average molecular weight is 557 g/mol. The topological polar surface area (TPSA) is 93.7 Å². The smallest absolute Gasteiger partial charge is 0.262 e. The minimum atomic E-state index is -4.12. The lowest BCUT2D eigenvalue weighted by molar-refractivity contribution is 0.102. The molecule has 0 heterocycles. The molecule has 190 valence electrons. The molecule has 0 spiro atoms. The Morgan fingerprint density at radius 2 is 1.49 bits per heavy atom. The Labute approximate surface area is 225 Å². The van der Waals surface area contributed by atoms with E-state index >= 15 is 0 Å². The van der Waals surface area contributed by atoms with Crippen molar-refractivity contribution in [1.82, 2.24) is 0 Å². The molecule has 0 aliphatic rings. The first kappa shape index (κ1) is 26.3. The molecule has 0 fully saturated rings. The molecule has 0 bridgehead atoms. The van der Waals surface area contributed by atoms with Crippen LogP contribution in [0.5, 0.6) is 17.2 Å². The number of sulfonamides is 1. The summed E-state index contributed by atoms with van der Waals surface area (Å²) in [5, 5.41) is 3.52. The first-order chi connectivity index (χ1) is 17.7. The number of carbonyl (C=O) groups is 1. The largest absolute Gasteiger partial charge is 0.492 e. The van der Waals surface area contributed by atoms with Gasteiger partial charge in [0, 0.05) is 15.6 Å². The van der Waals surface area contributed by atoms with E-state index in [9.17, 15) is 13.2 Å². The molecule has 0 aliphatic heterocycles. The third-order valence-electron chi connectivity index (χ3n) is 5.07. The van der Waals surface area contributed by atoms with Gasteiger partial charge in [0.1, 0.15) is 11.5 Å². The highest BCUT2D eigenvalue weighted by Crippen LogP contribution is 2.35. The van der Waals surface area contributed by atoms with E-state index in [0.29, 0.717) is 33.7 Å². The van der Waals surface area contributed by atoms with Crippen LogP contribution in [0.25, 0.3) is 0 Å². The van der Waals surface area contributed by atoms with Crippen LogP contribution in [0.3, 0.4) is 0 Å². The van der Waals surface area contributed by atoms with Crippen molar-refractivity contribution in [1.29, 1.82) is 0 Å². The van der Waals surface area contributed by atoms with E-state index in [1.807, 2.05) is 6.07 Å². The number of para-hydroxylation sites is 1. The maximum absolute atomic E-state index is 13.4. The van der Waals surface area contributed by atoms with Crippen LogP contribution in [0, 0.1) is 0 Å². The van der Waals surface area contributed by atoms with Crippen molar-refractivity contribution < 1.29 is 22.7 Å². The Morgan fingerprint density at radius 1 is 0.811 bits per heavy atom. The summed E-state index contributed by atoms with van der Waals surface area (Å²) < 4.78 is 40.7. The van der Waals surface area contributed by atoms with Gasteiger partial charge in [-0.2, -0.15) is 0 Å². The van der Waals surface area contributed by atoms with Gasteiger partial charge >= 0.3 is 0 Å². The second kappa shape index (κ2) is 11.6. The van der Waals surface area contributed by atoms with Crippen molar-refractivity contribution in [2.75, 3.05) is 16.6 Å². The monoisotopic (exact) mass is 556 g/mol. The molecule has 4 aromatic rings. The lowest BCUT2D eigenvalue weighted by Crippen LogP contribution is -2.16. The third-order valence-corrected chi connectivity index (χ3v) is 6.92. The standard InChI is InChI=1S/C27H22Cl2N2O5S/c1-2-35-25-15-13-22(17-23(25)30-27(32)18-8-10-19(28)11-9-18)37(33,34)31-24-16-20(29)12-14-26(24)36-21-6-4-3-5-7-21/h3-17,31H,2H2,1H3,(H,30,32). The normalized spacial score (nSPS) is 11.0. The summed E-state index contributed by atoms with van der Waals surface area (Å²) in [4.78, 5) is 12.7. The van der Waals surface area contributed by atoms with Gasteiger partial charge in [-0.15, -0.1) is 0 Å². The molecule has 0 aliphatic carbocycles. The molecule has 0 saturated heterocycles. The van der Waals surface area contributed by atoms with Gasteiger partial charge in [0.15, 0.2) is 5.75 Å². The number of halogens is 2. The van der Waals surface area contributed by atoms with Gasteiger partial charge in [-0.3, -0.25) is 9.52 Å². The number of anilines is 2. The van der Waals surface area contributed by atoms with Crippen LogP contribution >= 0.6 is 23.2 Å². The van der Waals surface area contributed by atoms with Crippen LogP contribution < -0.4 is 19.5 Å². The van der Waals surface area contributed by atoms with E-state index in [0.717, 1.165) is 0 Å². The van der Waals surface area contributed by atoms with E-state index in [1.165, 1.54) is 24.3 Å². The van der Waals surface area contributed by atoms with Crippen molar-refractivity contribution in [3.05, 3.63) is 107 Å². The first-order valence-electron chi connectivity index (χ1n) is 11.1. The summed E-state index contributed by atoms with van der Waals surface area (Å²) in [5.41, 5.74) is 0.688. The fraction of sp³-hybridized carbons (Fsp3) is 0.0741. The molecule has 37 heavy (non-hydrogen) atoms. The number of ether oxygens (including phenoxy) is 2. The number of rotatable bonds is 9. The molecular formula is C27H22Cl2N2O5S. The molecule has 4 rings (SSSR count). The number of hydrogen-bond acceptors (Lipinski definition) is 5. The maximum Gasteiger partial charge on any atom is 0.262 e. The van der Waals surface area contributed by atoms with Gasteiger partial charge in [0.05, 0.1) is 22.9 Å². The minimum absolute atomic E-state index is 0.104. The molecule has 0 radical (unpaired) electrons. The maximum atomic E-state index is 13.4. The Balaban J connectivity index is 1.64. The summed E-state index contributed by atoms with van der Waals surface area (Å²) in [6, 6.07) is 24.0. The van der Waals surface area contributed by atoms with Gasteiger partial charge in [-0.1, -0.05) is 41.4 Å². The molecule has 7 nitrogen and oxygen atoms in total. The van der Waals surface area contributed by atoms with Crippen molar-refractivity contribution >= 4 is 50.5 Å². The lowest BCUT2D eigenvalue weighted by atomic mass is 10.2. The van der Waals surface area contributed by atoms with Gasteiger partial charge in [-0.25, -0.2) is 8.42 Å². The van der Waals surface area contributed by atoms with Crippen LogP contribution in [0.15, 0.2) is 95.9 Å². The molecular weight excluding hydrogens is 535 g/mol. The van der Waals surface area contributed by atoms with E-state index in [1.54, 1.807) is 67.6 Å². The summed E-state index contributed by atoms with van der Waals surface area (Å²) in [7, 11) is -4.12.